The standard InChI is InChI=1S/C24H29N7O3S2/c1-36(32,33)31-7-3-6-29(8-9-31)16-17-14-21-22(35-17)24(30-10-12-34-13-11-30)27-23(26-21)18-4-2-5-20-19(18)15-25-28-20/h2,4-5,14-15H,3,6-13,16H2,1H3,(H,25,28). The highest BCUT2D eigenvalue weighted by Crippen LogP contribution is 2.36. The molecule has 10 nitrogen and oxygen atoms in total. The Morgan fingerprint density at radius 1 is 1.08 bits per heavy atom. The molecule has 5 heterocycles. The van der Waals surface area contributed by atoms with E-state index < -0.39 is 10.0 Å². The van der Waals surface area contributed by atoms with Crippen LogP contribution in [0.15, 0.2) is 30.5 Å². The molecule has 0 saturated carbocycles. The summed E-state index contributed by atoms with van der Waals surface area (Å²) in [5.74, 6) is 1.65. The summed E-state index contributed by atoms with van der Waals surface area (Å²) in [6.07, 6.45) is 3.95. The maximum absolute atomic E-state index is 12.0. The molecule has 12 heteroatoms. The SMILES string of the molecule is CS(=O)(=O)N1CCCN(Cc2cc3nc(-c4cccc5[nH]ncc45)nc(N4CCOCC4)c3s2)CC1. The van der Waals surface area contributed by atoms with Crippen LogP contribution in [0.5, 0.6) is 0 Å². The minimum atomic E-state index is -3.16. The lowest BCUT2D eigenvalue weighted by molar-refractivity contribution is 0.122. The number of ether oxygens (including phenoxy) is 1. The summed E-state index contributed by atoms with van der Waals surface area (Å²) in [7, 11) is -3.16. The topological polar surface area (TPSA) is 108 Å². The molecule has 4 aromatic rings. The van der Waals surface area contributed by atoms with E-state index in [4.69, 9.17) is 14.7 Å². The molecule has 0 spiro atoms. The second-order valence-corrected chi connectivity index (χ2v) is 12.4. The van der Waals surface area contributed by atoms with Crippen LogP contribution in [-0.2, 0) is 21.3 Å². The minimum Gasteiger partial charge on any atom is -0.378 e. The molecule has 1 N–H and O–H groups in total. The van der Waals surface area contributed by atoms with Crippen molar-refractivity contribution in [3.63, 3.8) is 0 Å². The molecule has 0 bridgehead atoms. The van der Waals surface area contributed by atoms with Crippen LogP contribution in [0.2, 0.25) is 0 Å². The monoisotopic (exact) mass is 527 g/mol. The van der Waals surface area contributed by atoms with Gasteiger partial charge in [0.2, 0.25) is 10.0 Å². The lowest BCUT2D eigenvalue weighted by Crippen LogP contribution is -2.36. The molecule has 2 fully saturated rings. The zero-order valence-electron chi connectivity index (χ0n) is 20.2. The molecular formula is C24H29N7O3S2. The van der Waals surface area contributed by atoms with Gasteiger partial charge in [0, 0.05) is 55.1 Å². The molecule has 3 aromatic heterocycles. The average molecular weight is 528 g/mol. The summed E-state index contributed by atoms with van der Waals surface area (Å²) in [5, 5.41) is 8.24. The van der Waals surface area contributed by atoms with Crippen molar-refractivity contribution in [1.29, 1.82) is 0 Å². The zero-order chi connectivity index (χ0) is 24.7. The number of aromatic amines is 1. The summed E-state index contributed by atoms with van der Waals surface area (Å²) in [5.41, 5.74) is 2.85. The highest BCUT2D eigenvalue weighted by Gasteiger charge is 2.24. The number of nitrogens with zero attached hydrogens (tertiary/aromatic N) is 6. The molecule has 2 aliphatic heterocycles. The first-order valence-electron chi connectivity index (χ1n) is 12.2. The van der Waals surface area contributed by atoms with Crippen molar-refractivity contribution in [2.75, 3.05) is 63.6 Å². The van der Waals surface area contributed by atoms with Crippen molar-refractivity contribution in [3.05, 3.63) is 35.3 Å². The van der Waals surface area contributed by atoms with Gasteiger partial charge in [-0.3, -0.25) is 10.00 Å². The number of benzene rings is 1. The molecule has 1 aromatic carbocycles. The summed E-state index contributed by atoms with van der Waals surface area (Å²) in [6.45, 7) is 6.42. The van der Waals surface area contributed by atoms with E-state index in [0.29, 0.717) is 32.1 Å². The molecule has 2 aliphatic rings. The fourth-order valence-electron chi connectivity index (χ4n) is 4.97. The maximum Gasteiger partial charge on any atom is 0.211 e. The van der Waals surface area contributed by atoms with Gasteiger partial charge >= 0.3 is 0 Å². The number of rotatable bonds is 5. The van der Waals surface area contributed by atoms with Gasteiger partial charge in [-0.1, -0.05) is 12.1 Å². The largest absolute Gasteiger partial charge is 0.378 e. The van der Waals surface area contributed by atoms with Crippen LogP contribution >= 0.6 is 11.3 Å². The van der Waals surface area contributed by atoms with E-state index >= 15 is 0 Å². The van der Waals surface area contributed by atoms with Crippen molar-refractivity contribution in [2.45, 2.75) is 13.0 Å². The first-order chi connectivity index (χ1) is 17.5. The van der Waals surface area contributed by atoms with Crippen molar-refractivity contribution in [2.24, 2.45) is 0 Å². The average Bonchev–Trinajstić information content (AvgIpc) is 3.44. The van der Waals surface area contributed by atoms with Crippen LogP contribution in [0, 0.1) is 0 Å². The Balaban J connectivity index is 1.36. The Kier molecular flexibility index (Phi) is 6.38. The van der Waals surface area contributed by atoms with Gasteiger partial charge in [0.1, 0.15) is 0 Å². The maximum atomic E-state index is 12.0. The Morgan fingerprint density at radius 3 is 2.78 bits per heavy atom. The summed E-state index contributed by atoms with van der Waals surface area (Å²) in [4.78, 5) is 15.9. The van der Waals surface area contributed by atoms with Gasteiger partial charge in [-0.05, 0) is 25.1 Å². The van der Waals surface area contributed by atoms with Crippen molar-refractivity contribution in [1.82, 2.24) is 29.4 Å². The molecule has 36 heavy (non-hydrogen) atoms. The highest BCUT2D eigenvalue weighted by molar-refractivity contribution is 7.88. The summed E-state index contributed by atoms with van der Waals surface area (Å²) in [6, 6.07) is 8.21. The number of fused-ring (bicyclic) bond motifs is 2. The quantitative estimate of drug-likeness (QED) is 0.422. The molecule has 0 aliphatic carbocycles. The fourth-order valence-corrected chi connectivity index (χ4v) is 7.00. The van der Waals surface area contributed by atoms with E-state index in [-0.39, 0.29) is 0 Å². The van der Waals surface area contributed by atoms with Crippen molar-refractivity contribution in [3.8, 4) is 11.4 Å². The third kappa shape index (κ3) is 4.71. The lowest BCUT2D eigenvalue weighted by atomic mass is 10.1. The molecule has 0 radical (unpaired) electrons. The Hall–Kier alpha value is -2.64. The zero-order valence-corrected chi connectivity index (χ0v) is 21.8. The Bertz CT molecular complexity index is 1490. The number of nitrogens with one attached hydrogen (secondary N) is 1. The van der Waals surface area contributed by atoms with Crippen LogP contribution < -0.4 is 4.90 Å². The molecular weight excluding hydrogens is 498 g/mol. The van der Waals surface area contributed by atoms with Crippen molar-refractivity contribution >= 4 is 48.3 Å². The second-order valence-electron chi connectivity index (χ2n) is 9.33. The predicted octanol–water partition coefficient (Wildman–Crippen LogP) is 2.54. The Labute approximate surface area is 213 Å². The van der Waals surface area contributed by atoms with E-state index in [2.05, 4.69) is 26.1 Å². The second kappa shape index (κ2) is 9.67. The first-order valence-corrected chi connectivity index (χ1v) is 14.9. The molecule has 0 atom stereocenters. The summed E-state index contributed by atoms with van der Waals surface area (Å²) >= 11 is 1.73. The number of thiophene rings is 1. The van der Waals surface area contributed by atoms with Gasteiger partial charge in [0.25, 0.3) is 0 Å². The number of morpholine rings is 1. The van der Waals surface area contributed by atoms with Crippen LogP contribution in [-0.4, -0.2) is 96.5 Å². The molecule has 190 valence electrons. The predicted molar refractivity (Wildman–Crippen MR) is 142 cm³/mol. The van der Waals surface area contributed by atoms with E-state index in [9.17, 15) is 8.42 Å². The van der Waals surface area contributed by atoms with Gasteiger partial charge in [0.15, 0.2) is 11.6 Å². The third-order valence-electron chi connectivity index (χ3n) is 6.84. The van der Waals surface area contributed by atoms with Crippen LogP contribution in [0.4, 0.5) is 5.82 Å². The van der Waals surface area contributed by atoms with Crippen molar-refractivity contribution < 1.29 is 13.2 Å². The summed E-state index contributed by atoms with van der Waals surface area (Å²) < 4.78 is 32.3. The lowest BCUT2D eigenvalue weighted by Gasteiger charge is -2.28. The minimum absolute atomic E-state index is 0.529. The van der Waals surface area contributed by atoms with Gasteiger partial charge in [-0.2, -0.15) is 5.10 Å². The van der Waals surface area contributed by atoms with Gasteiger partial charge in [-0.15, -0.1) is 11.3 Å². The third-order valence-corrected chi connectivity index (χ3v) is 9.25. The smallest absolute Gasteiger partial charge is 0.211 e. The first kappa shape index (κ1) is 23.7. The van der Waals surface area contributed by atoms with Gasteiger partial charge < -0.3 is 9.64 Å². The van der Waals surface area contributed by atoms with Gasteiger partial charge in [0.05, 0.1) is 41.4 Å². The molecule has 0 unspecified atom stereocenters. The Morgan fingerprint density at radius 2 is 1.94 bits per heavy atom. The fraction of sp³-hybridized carbons (Fsp3) is 0.458. The number of hydrogen-bond acceptors (Lipinski definition) is 9. The highest BCUT2D eigenvalue weighted by atomic mass is 32.2. The normalized spacial score (nSPS) is 18.8. The van der Waals surface area contributed by atoms with E-state index in [1.165, 1.54) is 11.1 Å². The van der Waals surface area contributed by atoms with E-state index in [0.717, 1.165) is 71.6 Å². The molecule has 0 amide bonds. The number of hydrogen-bond donors (Lipinski definition) is 1. The number of anilines is 1. The van der Waals surface area contributed by atoms with E-state index in [1.807, 2.05) is 24.4 Å². The van der Waals surface area contributed by atoms with Gasteiger partial charge in [-0.25, -0.2) is 22.7 Å². The van der Waals surface area contributed by atoms with Crippen LogP contribution in [0.1, 0.15) is 11.3 Å². The number of H-pyrrole nitrogens is 1. The molecule has 2 saturated heterocycles. The van der Waals surface area contributed by atoms with Crippen LogP contribution in [0.3, 0.4) is 0 Å². The number of aromatic nitrogens is 4. The van der Waals surface area contributed by atoms with Crippen LogP contribution in [0.25, 0.3) is 32.5 Å². The molecule has 6 rings (SSSR count). The van der Waals surface area contributed by atoms with E-state index in [1.54, 1.807) is 15.6 Å². The number of sulfonamides is 1.